The quantitative estimate of drug-likeness (QED) is 0.525. The summed E-state index contributed by atoms with van der Waals surface area (Å²) >= 11 is 0. The maximum atomic E-state index is 11.2. The molecule has 1 heterocycles. The highest BCUT2D eigenvalue weighted by atomic mass is 16.1. The van der Waals surface area contributed by atoms with Gasteiger partial charge in [0.05, 0.1) is 11.8 Å². The van der Waals surface area contributed by atoms with Crippen molar-refractivity contribution in [2.45, 2.75) is 6.04 Å². The summed E-state index contributed by atoms with van der Waals surface area (Å²) in [4.78, 5) is 15.8. The van der Waals surface area contributed by atoms with E-state index >= 15 is 0 Å². The molecule has 0 N–H and O–H groups in total. The van der Waals surface area contributed by atoms with E-state index in [1.54, 1.807) is 12.2 Å². The van der Waals surface area contributed by atoms with Crippen LogP contribution in [0.15, 0.2) is 53.1 Å². The first-order valence-electron chi connectivity index (χ1n) is 4.71. The van der Waals surface area contributed by atoms with Crippen molar-refractivity contribution in [3.8, 4) is 0 Å². The van der Waals surface area contributed by atoms with E-state index in [-0.39, 0.29) is 17.7 Å². The van der Waals surface area contributed by atoms with Crippen LogP contribution in [-0.4, -0.2) is 17.5 Å². The van der Waals surface area contributed by atoms with Gasteiger partial charge in [0.15, 0.2) is 5.78 Å². The molecule has 0 radical (unpaired) electrons. The molecule has 0 aromatic rings. The zero-order valence-electron chi connectivity index (χ0n) is 7.55. The first-order valence-corrected chi connectivity index (χ1v) is 4.71. The van der Waals surface area contributed by atoms with E-state index in [4.69, 9.17) is 0 Å². The molecule has 2 heteroatoms. The van der Waals surface area contributed by atoms with Gasteiger partial charge in [-0.2, -0.15) is 0 Å². The Bertz CT molecular complexity index is 449. The van der Waals surface area contributed by atoms with E-state index in [0.717, 1.165) is 11.3 Å². The maximum absolute atomic E-state index is 11.2. The molecule has 0 saturated heterocycles. The predicted molar refractivity (Wildman–Crippen MR) is 55.2 cm³/mol. The minimum Gasteiger partial charge on any atom is -0.290 e. The molecule has 0 spiro atoms. The van der Waals surface area contributed by atoms with Gasteiger partial charge in [-0.1, -0.05) is 24.3 Å². The molecule has 0 bridgehead atoms. The zero-order valence-corrected chi connectivity index (χ0v) is 7.55. The summed E-state index contributed by atoms with van der Waals surface area (Å²) in [6.45, 7) is 0. The Labute approximate surface area is 82.0 Å². The van der Waals surface area contributed by atoms with Crippen LogP contribution in [-0.2, 0) is 4.79 Å². The van der Waals surface area contributed by atoms with Crippen molar-refractivity contribution >= 4 is 11.5 Å². The molecule has 2 aliphatic carbocycles. The second kappa shape index (κ2) is 2.64. The molecular weight excluding hydrogens is 174 g/mol. The van der Waals surface area contributed by atoms with Crippen molar-refractivity contribution in [1.29, 1.82) is 0 Å². The van der Waals surface area contributed by atoms with Crippen LogP contribution in [0, 0.1) is 5.92 Å². The van der Waals surface area contributed by atoms with Crippen LogP contribution >= 0.6 is 0 Å². The van der Waals surface area contributed by atoms with Gasteiger partial charge < -0.3 is 0 Å². The molecule has 1 aliphatic heterocycles. The van der Waals surface area contributed by atoms with Crippen LogP contribution in [0.4, 0.5) is 0 Å². The van der Waals surface area contributed by atoms with E-state index in [0.29, 0.717) is 0 Å². The summed E-state index contributed by atoms with van der Waals surface area (Å²) in [5, 5.41) is 0. The number of fused-ring (bicyclic) bond motifs is 3. The lowest BCUT2D eigenvalue weighted by molar-refractivity contribution is -0.110. The molecule has 0 saturated carbocycles. The molecule has 3 rings (SSSR count). The molecule has 2 unspecified atom stereocenters. The lowest BCUT2D eigenvalue weighted by Crippen LogP contribution is -2.15. The van der Waals surface area contributed by atoms with Crippen molar-refractivity contribution in [3.05, 3.63) is 48.1 Å². The molecule has 2 atom stereocenters. The molecule has 0 amide bonds. The Balaban J connectivity index is 2.09. The van der Waals surface area contributed by atoms with Crippen molar-refractivity contribution in [3.63, 3.8) is 0 Å². The number of rotatable bonds is 0. The van der Waals surface area contributed by atoms with E-state index in [1.165, 1.54) is 0 Å². The second-order valence-corrected chi connectivity index (χ2v) is 3.64. The summed E-state index contributed by atoms with van der Waals surface area (Å²) in [5.41, 5.74) is 2.04. The van der Waals surface area contributed by atoms with Crippen LogP contribution < -0.4 is 0 Å². The first kappa shape index (κ1) is 7.68. The van der Waals surface area contributed by atoms with Gasteiger partial charge in [-0.15, -0.1) is 0 Å². The lowest BCUT2D eigenvalue weighted by atomic mass is 9.87. The fourth-order valence-electron chi connectivity index (χ4n) is 2.08. The smallest absolute Gasteiger partial charge is 0.179 e. The van der Waals surface area contributed by atoms with Gasteiger partial charge in [0, 0.05) is 5.92 Å². The van der Waals surface area contributed by atoms with Gasteiger partial charge in [-0.25, -0.2) is 0 Å². The average molecular weight is 183 g/mol. The van der Waals surface area contributed by atoms with Gasteiger partial charge in [-0.05, 0) is 23.8 Å². The lowest BCUT2D eigenvalue weighted by Gasteiger charge is -2.15. The number of hydrogen-bond acceptors (Lipinski definition) is 2. The number of allylic oxidation sites excluding steroid dienone is 5. The predicted octanol–water partition coefficient (Wildman–Crippen LogP) is 1.62. The number of aliphatic imine (C=N–C) groups is 1. The van der Waals surface area contributed by atoms with Gasteiger partial charge >= 0.3 is 0 Å². The number of carbonyl (C=O) groups is 1. The Kier molecular flexibility index (Phi) is 1.45. The Morgan fingerprint density at radius 1 is 1.14 bits per heavy atom. The minimum absolute atomic E-state index is 0.0718. The number of carbonyl (C=O) groups excluding carboxylic acids is 1. The van der Waals surface area contributed by atoms with Crippen molar-refractivity contribution in [1.82, 2.24) is 0 Å². The normalized spacial score (nSPS) is 32.4. The van der Waals surface area contributed by atoms with Crippen LogP contribution in [0.3, 0.4) is 0 Å². The van der Waals surface area contributed by atoms with E-state index in [2.05, 4.69) is 17.1 Å². The van der Waals surface area contributed by atoms with E-state index < -0.39 is 0 Å². The summed E-state index contributed by atoms with van der Waals surface area (Å²) in [5.74, 6) is 0.353. The highest BCUT2D eigenvalue weighted by Gasteiger charge is 2.32. The Hall–Kier alpha value is -1.70. The van der Waals surface area contributed by atoms with Crippen molar-refractivity contribution < 1.29 is 4.79 Å². The molecule has 3 aliphatic rings. The van der Waals surface area contributed by atoms with E-state index in [9.17, 15) is 4.79 Å². The number of ketones is 1. The molecule has 14 heavy (non-hydrogen) atoms. The molecule has 0 fully saturated rings. The fraction of sp³-hybridized carbons (Fsp3) is 0.167. The first-order chi connectivity index (χ1) is 6.84. The summed E-state index contributed by atoms with van der Waals surface area (Å²) in [7, 11) is 0. The molecule has 68 valence electrons. The Morgan fingerprint density at radius 3 is 2.93 bits per heavy atom. The van der Waals surface area contributed by atoms with Gasteiger partial charge in [-0.3, -0.25) is 9.79 Å². The molecular formula is C12H9NO. The van der Waals surface area contributed by atoms with Crippen LogP contribution in [0.2, 0.25) is 0 Å². The molecule has 2 nitrogen and oxygen atoms in total. The second-order valence-electron chi connectivity index (χ2n) is 3.64. The van der Waals surface area contributed by atoms with Crippen molar-refractivity contribution in [2.75, 3.05) is 0 Å². The third kappa shape index (κ3) is 0.970. The summed E-state index contributed by atoms with van der Waals surface area (Å²) < 4.78 is 0. The number of hydrogen-bond donors (Lipinski definition) is 0. The van der Waals surface area contributed by atoms with Gasteiger partial charge in [0.2, 0.25) is 0 Å². The number of nitrogens with zero attached hydrogens (tertiary/aromatic N) is 1. The highest BCUT2D eigenvalue weighted by molar-refractivity contribution is 6.21. The minimum atomic E-state index is 0.0718. The molecule has 0 aromatic carbocycles. The van der Waals surface area contributed by atoms with Crippen LogP contribution in [0.5, 0.6) is 0 Å². The average Bonchev–Trinajstić information content (AvgIpc) is 2.56. The van der Waals surface area contributed by atoms with Gasteiger partial charge in [0.25, 0.3) is 0 Å². The van der Waals surface area contributed by atoms with Crippen molar-refractivity contribution in [2.24, 2.45) is 10.9 Å². The third-order valence-corrected chi connectivity index (χ3v) is 2.75. The van der Waals surface area contributed by atoms with Gasteiger partial charge in [0.1, 0.15) is 0 Å². The summed E-state index contributed by atoms with van der Waals surface area (Å²) in [6, 6.07) is 0.205. The summed E-state index contributed by atoms with van der Waals surface area (Å²) in [6.07, 6.45) is 13.3. The zero-order chi connectivity index (χ0) is 9.54. The SMILES string of the molecule is O=C1C=CC2=NC3C=CC=CC3C2=C1. The largest absolute Gasteiger partial charge is 0.290 e. The van der Waals surface area contributed by atoms with Crippen LogP contribution in [0.25, 0.3) is 0 Å². The van der Waals surface area contributed by atoms with E-state index in [1.807, 2.05) is 18.2 Å². The topological polar surface area (TPSA) is 29.4 Å². The Morgan fingerprint density at radius 2 is 2.00 bits per heavy atom. The monoisotopic (exact) mass is 183 g/mol. The molecule has 0 aromatic heterocycles. The maximum Gasteiger partial charge on any atom is 0.179 e. The van der Waals surface area contributed by atoms with Crippen LogP contribution in [0.1, 0.15) is 0 Å². The highest BCUT2D eigenvalue weighted by Crippen LogP contribution is 2.33. The standard InChI is InChI=1S/C12H9NO/c14-8-5-6-12-10(7-8)9-3-1-2-4-11(9)13-12/h1-7,9,11H. The third-order valence-electron chi connectivity index (χ3n) is 2.75. The fourth-order valence-corrected chi connectivity index (χ4v) is 2.08.